The van der Waals surface area contributed by atoms with Crippen LogP contribution in [0.15, 0.2) is 12.1 Å². The largest absolute Gasteiger partial charge is 0.493 e. The standard InChI is InChI=1S/C20H27N3O4S/c1-4-27-19(24)18-17(22-20(28)23-9-7-5-6-8-10-23)13-11-15(25-2)16(26-3)12-14(13)21-18/h11-12,21H,4-10H2,1-3H3,(H,22,28). The van der Waals surface area contributed by atoms with Crippen molar-refractivity contribution in [1.82, 2.24) is 9.88 Å². The highest BCUT2D eigenvalue weighted by atomic mass is 32.1. The lowest BCUT2D eigenvalue weighted by atomic mass is 10.2. The third-order valence-electron chi connectivity index (χ3n) is 4.91. The fourth-order valence-electron chi connectivity index (χ4n) is 3.47. The Morgan fingerprint density at radius 3 is 2.39 bits per heavy atom. The molecule has 2 aromatic rings. The molecular weight excluding hydrogens is 378 g/mol. The monoisotopic (exact) mass is 405 g/mol. The number of carbonyl (C=O) groups is 1. The highest BCUT2D eigenvalue weighted by Gasteiger charge is 2.23. The Balaban J connectivity index is 2.02. The Labute approximate surface area is 170 Å². The molecule has 1 aliphatic heterocycles. The number of ether oxygens (including phenoxy) is 3. The first-order valence-electron chi connectivity index (χ1n) is 9.59. The molecular formula is C20H27N3O4S. The van der Waals surface area contributed by atoms with Crippen molar-refractivity contribution in [2.24, 2.45) is 0 Å². The van der Waals surface area contributed by atoms with Gasteiger partial charge in [0.25, 0.3) is 0 Å². The molecule has 0 radical (unpaired) electrons. The van der Waals surface area contributed by atoms with Crippen molar-refractivity contribution in [1.29, 1.82) is 0 Å². The number of carbonyl (C=O) groups excluding carboxylic acids is 1. The van der Waals surface area contributed by atoms with E-state index in [9.17, 15) is 4.79 Å². The van der Waals surface area contributed by atoms with Crippen molar-refractivity contribution in [2.45, 2.75) is 32.6 Å². The first-order chi connectivity index (χ1) is 13.6. The van der Waals surface area contributed by atoms with Crippen molar-refractivity contribution in [2.75, 3.05) is 39.2 Å². The first kappa shape index (κ1) is 20.3. The Morgan fingerprint density at radius 2 is 1.79 bits per heavy atom. The first-order valence-corrected chi connectivity index (χ1v) is 10.0. The van der Waals surface area contributed by atoms with E-state index in [1.165, 1.54) is 12.8 Å². The lowest BCUT2D eigenvalue weighted by Crippen LogP contribution is -2.35. The summed E-state index contributed by atoms with van der Waals surface area (Å²) in [6.45, 7) is 3.90. The maximum atomic E-state index is 12.5. The second kappa shape index (κ2) is 9.14. The number of benzene rings is 1. The van der Waals surface area contributed by atoms with Gasteiger partial charge >= 0.3 is 5.97 Å². The van der Waals surface area contributed by atoms with Crippen LogP contribution >= 0.6 is 12.2 Å². The molecule has 2 heterocycles. The van der Waals surface area contributed by atoms with Crippen molar-refractivity contribution >= 4 is 39.9 Å². The maximum absolute atomic E-state index is 12.5. The van der Waals surface area contributed by atoms with E-state index in [-0.39, 0.29) is 6.61 Å². The van der Waals surface area contributed by atoms with Gasteiger partial charge in [-0.3, -0.25) is 0 Å². The zero-order chi connectivity index (χ0) is 20.1. The quantitative estimate of drug-likeness (QED) is 0.576. The van der Waals surface area contributed by atoms with E-state index in [0.29, 0.717) is 28.0 Å². The summed E-state index contributed by atoms with van der Waals surface area (Å²) in [4.78, 5) is 17.9. The molecule has 3 rings (SSSR count). The van der Waals surface area contributed by atoms with E-state index >= 15 is 0 Å². The molecule has 0 aliphatic carbocycles. The second-order valence-electron chi connectivity index (χ2n) is 6.68. The van der Waals surface area contributed by atoms with E-state index in [2.05, 4.69) is 15.2 Å². The predicted octanol–water partition coefficient (Wildman–Crippen LogP) is 3.93. The maximum Gasteiger partial charge on any atom is 0.356 e. The van der Waals surface area contributed by atoms with E-state index in [1.54, 1.807) is 27.2 Å². The Hall–Kier alpha value is -2.48. The van der Waals surface area contributed by atoms with Gasteiger partial charge in [-0.15, -0.1) is 0 Å². The van der Waals surface area contributed by atoms with Crippen LogP contribution < -0.4 is 14.8 Å². The molecule has 1 fully saturated rings. The number of thiocarbonyl (C=S) groups is 1. The number of anilines is 1. The minimum Gasteiger partial charge on any atom is -0.493 e. The van der Waals surface area contributed by atoms with E-state index in [1.807, 2.05) is 6.07 Å². The van der Waals surface area contributed by atoms with Crippen LogP contribution in [0.3, 0.4) is 0 Å². The number of aromatic nitrogens is 1. The number of esters is 1. The molecule has 1 aromatic carbocycles. The van der Waals surface area contributed by atoms with Gasteiger partial charge in [0.2, 0.25) is 0 Å². The number of methoxy groups -OCH3 is 2. The van der Waals surface area contributed by atoms with Crippen LogP contribution in [-0.4, -0.2) is 54.9 Å². The van der Waals surface area contributed by atoms with E-state index in [4.69, 9.17) is 26.4 Å². The molecule has 1 aromatic heterocycles. The molecule has 0 amide bonds. The zero-order valence-corrected chi connectivity index (χ0v) is 17.4. The number of aromatic amines is 1. The second-order valence-corrected chi connectivity index (χ2v) is 7.07. The van der Waals surface area contributed by atoms with Crippen molar-refractivity contribution in [3.63, 3.8) is 0 Å². The van der Waals surface area contributed by atoms with Crippen LogP contribution in [0.1, 0.15) is 43.1 Å². The lowest BCUT2D eigenvalue weighted by Gasteiger charge is -2.24. The summed E-state index contributed by atoms with van der Waals surface area (Å²) in [5.41, 5.74) is 1.68. The number of rotatable bonds is 5. The molecule has 0 unspecified atom stereocenters. The highest BCUT2D eigenvalue weighted by molar-refractivity contribution is 7.80. The molecule has 0 spiro atoms. The van der Waals surface area contributed by atoms with Gasteiger partial charge in [0, 0.05) is 24.5 Å². The van der Waals surface area contributed by atoms with Gasteiger partial charge in [-0.05, 0) is 38.0 Å². The third kappa shape index (κ3) is 4.16. The minimum atomic E-state index is -0.433. The average Bonchev–Trinajstić information content (AvgIpc) is 2.87. The van der Waals surface area contributed by atoms with Gasteiger partial charge in [-0.2, -0.15) is 0 Å². The van der Waals surface area contributed by atoms with Crippen LogP contribution in [0, 0.1) is 0 Å². The number of likely N-dealkylation sites (tertiary alicyclic amines) is 1. The molecule has 1 aliphatic rings. The molecule has 0 atom stereocenters. The number of nitrogens with one attached hydrogen (secondary N) is 2. The number of hydrogen-bond donors (Lipinski definition) is 2. The number of hydrogen-bond acceptors (Lipinski definition) is 5. The Bertz CT molecular complexity index is 857. The van der Waals surface area contributed by atoms with Gasteiger partial charge in [0.05, 0.1) is 32.0 Å². The molecule has 8 heteroatoms. The summed E-state index contributed by atoms with van der Waals surface area (Å²) < 4.78 is 16.0. The van der Waals surface area contributed by atoms with Crippen LogP contribution in [0.2, 0.25) is 0 Å². The molecule has 2 N–H and O–H groups in total. The van der Waals surface area contributed by atoms with Crippen molar-refractivity contribution < 1.29 is 19.0 Å². The molecule has 7 nitrogen and oxygen atoms in total. The topological polar surface area (TPSA) is 75.8 Å². The molecule has 152 valence electrons. The van der Waals surface area contributed by atoms with Gasteiger partial charge in [0.1, 0.15) is 5.69 Å². The van der Waals surface area contributed by atoms with Crippen molar-refractivity contribution in [3.8, 4) is 11.5 Å². The van der Waals surface area contributed by atoms with Crippen LogP contribution in [0.4, 0.5) is 5.69 Å². The van der Waals surface area contributed by atoms with E-state index < -0.39 is 5.97 Å². The predicted molar refractivity (Wildman–Crippen MR) is 114 cm³/mol. The lowest BCUT2D eigenvalue weighted by molar-refractivity contribution is 0.0522. The molecule has 0 bridgehead atoms. The number of H-pyrrole nitrogens is 1. The van der Waals surface area contributed by atoms with Gasteiger partial charge in [-0.25, -0.2) is 4.79 Å². The van der Waals surface area contributed by atoms with Crippen LogP contribution in [-0.2, 0) is 4.74 Å². The summed E-state index contributed by atoms with van der Waals surface area (Å²) in [6.07, 6.45) is 4.67. The summed E-state index contributed by atoms with van der Waals surface area (Å²) in [7, 11) is 3.16. The highest BCUT2D eigenvalue weighted by Crippen LogP contribution is 2.37. The third-order valence-corrected chi connectivity index (χ3v) is 5.27. The summed E-state index contributed by atoms with van der Waals surface area (Å²) in [5, 5.41) is 4.69. The minimum absolute atomic E-state index is 0.289. The van der Waals surface area contributed by atoms with Crippen molar-refractivity contribution in [3.05, 3.63) is 17.8 Å². The summed E-state index contributed by atoms with van der Waals surface area (Å²) in [6, 6.07) is 3.64. The zero-order valence-electron chi connectivity index (χ0n) is 16.6. The summed E-state index contributed by atoms with van der Waals surface area (Å²) >= 11 is 5.66. The van der Waals surface area contributed by atoms with Gasteiger partial charge in [-0.1, -0.05) is 12.8 Å². The number of nitrogens with zero attached hydrogens (tertiary/aromatic N) is 1. The smallest absolute Gasteiger partial charge is 0.356 e. The number of fused-ring (bicyclic) bond motifs is 1. The molecule has 1 saturated heterocycles. The van der Waals surface area contributed by atoms with E-state index in [0.717, 1.165) is 36.8 Å². The SMILES string of the molecule is CCOC(=O)c1[nH]c2cc(OC)c(OC)cc2c1NC(=S)N1CCCCCC1. The summed E-state index contributed by atoms with van der Waals surface area (Å²) in [5.74, 6) is 0.722. The van der Waals surface area contributed by atoms with Gasteiger partial charge in [0.15, 0.2) is 16.6 Å². The normalized spacial score (nSPS) is 14.5. The van der Waals surface area contributed by atoms with Crippen LogP contribution in [0.5, 0.6) is 11.5 Å². The average molecular weight is 406 g/mol. The Morgan fingerprint density at radius 1 is 1.14 bits per heavy atom. The fourth-order valence-corrected chi connectivity index (χ4v) is 3.75. The Kier molecular flexibility index (Phi) is 6.61. The fraction of sp³-hybridized carbons (Fsp3) is 0.500. The van der Waals surface area contributed by atoms with Gasteiger partial charge < -0.3 is 29.4 Å². The molecule has 28 heavy (non-hydrogen) atoms. The molecule has 0 saturated carbocycles. The van der Waals surface area contributed by atoms with Crippen LogP contribution in [0.25, 0.3) is 10.9 Å².